The van der Waals surface area contributed by atoms with Gasteiger partial charge in [-0.2, -0.15) is 5.26 Å². The van der Waals surface area contributed by atoms with Crippen molar-refractivity contribution in [3.63, 3.8) is 0 Å². The molecule has 4 rings (SSSR count). The van der Waals surface area contributed by atoms with Crippen LogP contribution in [0.2, 0.25) is 0 Å². The Hall–Kier alpha value is -2.33. The summed E-state index contributed by atoms with van der Waals surface area (Å²) in [5.74, 6) is 0.0896. The summed E-state index contributed by atoms with van der Waals surface area (Å²) in [5, 5.41) is 9.37. The smallest absolute Gasteiger partial charge is 0.255 e. The first-order valence-corrected chi connectivity index (χ1v) is 11.6. The van der Waals surface area contributed by atoms with Gasteiger partial charge in [-0.15, -0.1) is 0 Å². The van der Waals surface area contributed by atoms with Crippen LogP contribution in [0.3, 0.4) is 0 Å². The lowest BCUT2D eigenvalue weighted by Crippen LogP contribution is -2.50. The third-order valence-corrected chi connectivity index (χ3v) is 7.09. The van der Waals surface area contributed by atoms with Crippen molar-refractivity contribution in [1.82, 2.24) is 14.7 Å². The molecule has 0 saturated carbocycles. The number of carbonyl (C=O) groups is 1. The number of amides is 1. The summed E-state index contributed by atoms with van der Waals surface area (Å²) in [5.41, 5.74) is 1.36. The van der Waals surface area contributed by atoms with Gasteiger partial charge < -0.3 is 9.80 Å². The summed E-state index contributed by atoms with van der Waals surface area (Å²) in [6.07, 6.45) is 2.66. The van der Waals surface area contributed by atoms with Gasteiger partial charge in [0, 0.05) is 49.1 Å². The van der Waals surface area contributed by atoms with Crippen LogP contribution in [0, 0.1) is 11.3 Å². The number of rotatable bonds is 6. The third-order valence-electron chi connectivity index (χ3n) is 5.94. The topological polar surface area (TPSA) is 50.6 Å². The molecule has 0 spiro atoms. The number of likely N-dealkylation sites (tertiary alicyclic amines) is 1. The first-order chi connectivity index (χ1) is 14.7. The first-order valence-electron chi connectivity index (χ1n) is 10.7. The highest BCUT2D eigenvalue weighted by Crippen LogP contribution is 2.33. The fraction of sp³-hybridized carbons (Fsp3) is 0.417. The zero-order valence-electron chi connectivity index (χ0n) is 17.3. The summed E-state index contributed by atoms with van der Waals surface area (Å²) in [6, 6.07) is 17.5. The lowest BCUT2D eigenvalue weighted by Gasteiger charge is -2.35. The normalized spacial score (nSPS) is 17.8. The molecule has 0 aromatic heterocycles. The van der Waals surface area contributed by atoms with E-state index in [1.165, 1.54) is 37.7 Å². The molecule has 2 fully saturated rings. The van der Waals surface area contributed by atoms with Crippen molar-refractivity contribution >= 4 is 17.7 Å². The van der Waals surface area contributed by atoms with E-state index >= 15 is 0 Å². The Labute approximate surface area is 183 Å². The van der Waals surface area contributed by atoms with Crippen molar-refractivity contribution < 1.29 is 4.79 Å². The molecule has 6 heteroatoms. The lowest BCUT2D eigenvalue weighted by atomic mass is 10.2. The van der Waals surface area contributed by atoms with Gasteiger partial charge in [0.05, 0.1) is 11.1 Å². The largest absolute Gasteiger partial charge is 0.336 e. The minimum absolute atomic E-state index is 0.0896. The second kappa shape index (κ2) is 10.1. The summed E-state index contributed by atoms with van der Waals surface area (Å²) < 4.78 is 0. The van der Waals surface area contributed by atoms with E-state index in [1.54, 1.807) is 0 Å². The van der Waals surface area contributed by atoms with Crippen LogP contribution in [0.1, 0.15) is 28.8 Å². The van der Waals surface area contributed by atoms with Crippen LogP contribution in [0.4, 0.5) is 0 Å². The average Bonchev–Trinajstić information content (AvgIpc) is 3.32. The molecule has 5 nitrogen and oxygen atoms in total. The molecule has 0 atom stereocenters. The SMILES string of the molecule is N#Cc1ccccc1Sc1ccccc1C(=O)N1CCN(CCN2CCCC2)CC1. The van der Waals surface area contributed by atoms with Crippen molar-refractivity contribution in [3.05, 3.63) is 59.7 Å². The summed E-state index contributed by atoms with van der Waals surface area (Å²) in [4.78, 5) is 22.0. The van der Waals surface area contributed by atoms with Gasteiger partial charge in [0.15, 0.2) is 0 Å². The number of hydrogen-bond donors (Lipinski definition) is 0. The van der Waals surface area contributed by atoms with Gasteiger partial charge in [-0.1, -0.05) is 36.0 Å². The zero-order valence-corrected chi connectivity index (χ0v) is 18.1. The third kappa shape index (κ3) is 5.04. The highest BCUT2D eigenvalue weighted by Gasteiger charge is 2.24. The molecular weight excluding hydrogens is 392 g/mol. The van der Waals surface area contributed by atoms with E-state index in [0.29, 0.717) is 5.56 Å². The molecule has 2 aromatic carbocycles. The number of carbonyl (C=O) groups excluding carboxylic acids is 1. The zero-order chi connectivity index (χ0) is 20.8. The monoisotopic (exact) mass is 420 g/mol. The Morgan fingerprint density at radius 3 is 2.13 bits per heavy atom. The highest BCUT2D eigenvalue weighted by atomic mass is 32.2. The van der Waals surface area contributed by atoms with Crippen LogP contribution in [0.5, 0.6) is 0 Å². The van der Waals surface area contributed by atoms with Crippen LogP contribution >= 0.6 is 11.8 Å². The fourth-order valence-corrected chi connectivity index (χ4v) is 5.15. The molecule has 2 heterocycles. The van der Waals surface area contributed by atoms with E-state index in [4.69, 9.17) is 0 Å². The molecule has 2 aliphatic heterocycles. The molecule has 0 N–H and O–H groups in total. The molecule has 156 valence electrons. The Morgan fingerprint density at radius 2 is 1.43 bits per heavy atom. The molecule has 1 amide bonds. The van der Waals surface area contributed by atoms with E-state index in [1.807, 2.05) is 53.4 Å². The maximum absolute atomic E-state index is 13.3. The van der Waals surface area contributed by atoms with E-state index in [2.05, 4.69) is 15.9 Å². The van der Waals surface area contributed by atoms with Crippen LogP contribution in [0.15, 0.2) is 58.3 Å². The van der Waals surface area contributed by atoms with Crippen molar-refractivity contribution in [2.75, 3.05) is 52.4 Å². The maximum Gasteiger partial charge on any atom is 0.255 e. The van der Waals surface area contributed by atoms with Gasteiger partial charge >= 0.3 is 0 Å². The first kappa shape index (κ1) is 20.9. The molecule has 30 heavy (non-hydrogen) atoms. The molecule has 0 unspecified atom stereocenters. The highest BCUT2D eigenvalue weighted by molar-refractivity contribution is 7.99. The second-order valence-corrected chi connectivity index (χ2v) is 8.97. The van der Waals surface area contributed by atoms with Crippen molar-refractivity contribution in [2.45, 2.75) is 22.6 Å². The summed E-state index contributed by atoms with van der Waals surface area (Å²) >= 11 is 1.49. The Balaban J connectivity index is 1.38. The van der Waals surface area contributed by atoms with Gasteiger partial charge in [0.1, 0.15) is 6.07 Å². The average molecular weight is 421 g/mol. The van der Waals surface area contributed by atoms with Gasteiger partial charge in [-0.3, -0.25) is 9.69 Å². The summed E-state index contributed by atoms with van der Waals surface area (Å²) in [6.45, 7) is 8.13. The lowest BCUT2D eigenvalue weighted by molar-refractivity contribution is 0.0623. The van der Waals surface area contributed by atoms with Crippen LogP contribution < -0.4 is 0 Å². The molecular formula is C24H28N4OS. The second-order valence-electron chi connectivity index (χ2n) is 7.89. The van der Waals surface area contributed by atoms with Gasteiger partial charge in [-0.05, 0) is 50.2 Å². The van der Waals surface area contributed by atoms with E-state index in [9.17, 15) is 10.1 Å². The van der Waals surface area contributed by atoms with Gasteiger partial charge in [0.25, 0.3) is 5.91 Å². The Kier molecular flexibility index (Phi) is 7.06. The van der Waals surface area contributed by atoms with Crippen LogP contribution in [0.25, 0.3) is 0 Å². The standard InChI is InChI=1S/C24H28N4OS/c25-19-20-7-1-3-9-22(20)30-23-10-4-2-8-21(23)24(29)28-17-15-27(16-18-28)14-13-26-11-5-6-12-26/h1-4,7-10H,5-6,11-18H2. The van der Waals surface area contributed by atoms with Crippen LogP contribution in [-0.4, -0.2) is 73.0 Å². The number of nitrogens with zero attached hydrogens (tertiary/aromatic N) is 4. The fourth-order valence-electron chi connectivity index (χ4n) is 4.13. The molecule has 2 saturated heterocycles. The van der Waals surface area contributed by atoms with Crippen molar-refractivity contribution in [3.8, 4) is 6.07 Å². The number of nitriles is 1. The predicted molar refractivity (Wildman–Crippen MR) is 120 cm³/mol. The minimum Gasteiger partial charge on any atom is -0.336 e. The molecule has 0 aliphatic carbocycles. The number of hydrogen-bond acceptors (Lipinski definition) is 5. The maximum atomic E-state index is 13.3. The van der Waals surface area contributed by atoms with Crippen LogP contribution in [-0.2, 0) is 0 Å². The summed E-state index contributed by atoms with van der Waals surface area (Å²) in [7, 11) is 0. The number of piperazine rings is 1. The van der Waals surface area contributed by atoms with Gasteiger partial charge in [-0.25, -0.2) is 0 Å². The molecule has 0 radical (unpaired) electrons. The molecule has 2 aromatic rings. The Bertz CT molecular complexity index is 911. The van der Waals surface area contributed by atoms with E-state index in [0.717, 1.165) is 54.6 Å². The number of benzene rings is 2. The van der Waals surface area contributed by atoms with E-state index in [-0.39, 0.29) is 5.91 Å². The van der Waals surface area contributed by atoms with E-state index < -0.39 is 0 Å². The Morgan fingerprint density at radius 1 is 0.833 bits per heavy atom. The molecule has 2 aliphatic rings. The minimum atomic E-state index is 0.0896. The quantitative estimate of drug-likeness (QED) is 0.715. The molecule has 0 bridgehead atoms. The van der Waals surface area contributed by atoms with Crippen molar-refractivity contribution in [2.24, 2.45) is 0 Å². The van der Waals surface area contributed by atoms with Gasteiger partial charge in [0.2, 0.25) is 0 Å². The van der Waals surface area contributed by atoms with Crippen molar-refractivity contribution in [1.29, 1.82) is 5.26 Å². The predicted octanol–water partition coefficient (Wildman–Crippen LogP) is 3.56.